The number of fused-ring (bicyclic) bond motifs is 1. The Bertz CT molecular complexity index is 941. The average molecular weight is 428 g/mol. The lowest BCUT2D eigenvalue weighted by atomic mass is 9.87. The smallest absolute Gasteiger partial charge is 0.269 e. The van der Waals surface area contributed by atoms with E-state index in [1.54, 1.807) is 23.1 Å². The van der Waals surface area contributed by atoms with Gasteiger partial charge in [-0.15, -0.1) is 11.3 Å². The third kappa shape index (κ3) is 3.42. The Balaban J connectivity index is 1.59. The Hall–Kier alpha value is -1.97. The second-order valence-corrected chi connectivity index (χ2v) is 8.84. The van der Waals surface area contributed by atoms with E-state index in [9.17, 15) is 13.6 Å². The highest BCUT2D eigenvalue weighted by Gasteiger charge is 2.46. The van der Waals surface area contributed by atoms with Crippen LogP contribution in [0.2, 0.25) is 0 Å². The maximum absolute atomic E-state index is 14.2. The van der Waals surface area contributed by atoms with Crippen molar-refractivity contribution in [2.24, 2.45) is 5.73 Å². The Morgan fingerprint density at radius 1 is 1.46 bits per heavy atom. The van der Waals surface area contributed by atoms with Gasteiger partial charge in [0, 0.05) is 40.9 Å². The zero-order valence-corrected chi connectivity index (χ0v) is 16.7. The van der Waals surface area contributed by atoms with Gasteiger partial charge in [0.25, 0.3) is 11.8 Å². The summed E-state index contributed by atoms with van der Waals surface area (Å²) in [7, 11) is 0. The molecule has 0 spiro atoms. The van der Waals surface area contributed by atoms with Crippen molar-refractivity contribution in [1.82, 2.24) is 19.5 Å². The lowest BCUT2D eigenvalue weighted by molar-refractivity contribution is -0.0674. The number of rotatable bonds is 3. The van der Waals surface area contributed by atoms with Crippen LogP contribution in [0.5, 0.6) is 0 Å². The van der Waals surface area contributed by atoms with Crippen LogP contribution in [-0.2, 0) is 6.67 Å². The van der Waals surface area contributed by atoms with Gasteiger partial charge >= 0.3 is 0 Å². The molecule has 150 valence electrons. The minimum absolute atomic E-state index is 0.257. The number of carbonyl (C=O) groups is 1. The molecule has 0 radical (unpaired) electrons. The third-order valence-corrected chi connectivity index (χ3v) is 6.46. The van der Waals surface area contributed by atoms with E-state index < -0.39 is 23.9 Å². The molecule has 1 amide bonds. The van der Waals surface area contributed by atoms with Gasteiger partial charge in [-0.2, -0.15) is 5.10 Å². The topological polar surface area (TPSA) is 76.2 Å². The number of thiophene rings is 1. The van der Waals surface area contributed by atoms with Crippen LogP contribution in [0.25, 0.3) is 17.2 Å². The van der Waals surface area contributed by atoms with Crippen LogP contribution in [-0.4, -0.2) is 38.1 Å². The number of aromatic nitrogens is 2. The molecule has 2 aromatic rings. The summed E-state index contributed by atoms with van der Waals surface area (Å²) in [5, 5.41) is 6.80. The zero-order valence-electron chi connectivity index (χ0n) is 15.2. The third-order valence-electron chi connectivity index (χ3n) is 5.19. The second kappa shape index (κ2) is 7.13. The van der Waals surface area contributed by atoms with Gasteiger partial charge in [0.15, 0.2) is 0 Å². The number of hydrogen-bond acceptors (Lipinski definition) is 5. The Labute approximate surface area is 170 Å². The highest BCUT2D eigenvalue weighted by Crippen LogP contribution is 2.36. The van der Waals surface area contributed by atoms with E-state index in [-0.39, 0.29) is 6.42 Å². The number of amides is 1. The summed E-state index contributed by atoms with van der Waals surface area (Å²) in [4.78, 5) is 13.9. The number of nitrogens with two attached hydrogens (primary N) is 1. The number of carbonyl (C=O) groups excluding carboxylic acids is 1. The molecule has 1 fully saturated rings. The van der Waals surface area contributed by atoms with Crippen molar-refractivity contribution in [2.45, 2.75) is 50.9 Å². The first kappa shape index (κ1) is 19.4. The van der Waals surface area contributed by atoms with Crippen LogP contribution < -0.4 is 11.1 Å². The molecule has 0 bridgehead atoms. The van der Waals surface area contributed by atoms with Crippen molar-refractivity contribution >= 4 is 35.1 Å². The molecule has 1 aliphatic carbocycles. The minimum atomic E-state index is -2.99. The largest absolute Gasteiger partial charge is 0.341 e. The van der Waals surface area contributed by atoms with E-state index in [2.05, 4.69) is 10.4 Å². The molecular formula is C18H20ClF2N5OS. The highest BCUT2D eigenvalue weighted by molar-refractivity contribution is 7.14. The first-order valence-electron chi connectivity index (χ1n) is 8.98. The first-order valence-corrected chi connectivity index (χ1v) is 10.1. The van der Waals surface area contributed by atoms with Crippen LogP contribution in [0.1, 0.15) is 39.5 Å². The summed E-state index contributed by atoms with van der Waals surface area (Å²) in [6, 6.07) is -0.374. The van der Waals surface area contributed by atoms with E-state index in [0.717, 1.165) is 21.7 Å². The Kier molecular flexibility index (Phi) is 4.93. The summed E-state index contributed by atoms with van der Waals surface area (Å²) in [6.45, 7) is 2.31. The summed E-state index contributed by atoms with van der Waals surface area (Å²) in [6.07, 6.45) is 5.89. The van der Waals surface area contributed by atoms with Crippen LogP contribution in [0, 0.1) is 6.92 Å². The quantitative estimate of drug-likeness (QED) is 0.734. The molecule has 2 aromatic heterocycles. The Morgan fingerprint density at radius 3 is 3.00 bits per heavy atom. The molecule has 10 heteroatoms. The van der Waals surface area contributed by atoms with Crippen LogP contribution in [0.15, 0.2) is 18.5 Å². The fourth-order valence-electron chi connectivity index (χ4n) is 3.71. The summed E-state index contributed by atoms with van der Waals surface area (Å²) in [5.74, 6) is -3.52. The summed E-state index contributed by atoms with van der Waals surface area (Å²) < 4.78 is 31.6. The molecule has 28 heavy (non-hydrogen) atoms. The molecule has 2 aliphatic rings. The minimum Gasteiger partial charge on any atom is -0.341 e. The predicted octanol–water partition coefficient (Wildman–Crippen LogP) is 3.56. The van der Waals surface area contributed by atoms with Gasteiger partial charge in [0.05, 0.1) is 16.8 Å². The highest BCUT2D eigenvalue weighted by atomic mass is 35.5. The Morgan fingerprint density at radius 2 is 2.25 bits per heavy atom. The first-order chi connectivity index (χ1) is 13.3. The maximum Gasteiger partial charge on any atom is 0.269 e. The molecule has 4 rings (SSSR count). The van der Waals surface area contributed by atoms with Gasteiger partial charge in [0.1, 0.15) is 12.7 Å². The molecule has 3 heterocycles. The van der Waals surface area contributed by atoms with Crippen LogP contribution in [0.3, 0.4) is 0 Å². The molecule has 3 N–H and O–H groups in total. The number of halogens is 3. The van der Waals surface area contributed by atoms with E-state index >= 15 is 0 Å². The fraction of sp³-hybridized carbons (Fsp3) is 0.444. The summed E-state index contributed by atoms with van der Waals surface area (Å²) >= 11 is 7.23. The lowest BCUT2D eigenvalue weighted by Crippen LogP contribution is -2.59. The normalized spacial score (nSPS) is 23.5. The van der Waals surface area contributed by atoms with Crippen molar-refractivity contribution < 1.29 is 13.6 Å². The van der Waals surface area contributed by atoms with Gasteiger partial charge in [-0.3, -0.25) is 9.21 Å². The second-order valence-electron chi connectivity index (χ2n) is 7.15. The fourth-order valence-corrected chi connectivity index (χ4v) is 4.81. The van der Waals surface area contributed by atoms with Crippen molar-refractivity contribution in [2.75, 3.05) is 0 Å². The molecule has 0 saturated heterocycles. The van der Waals surface area contributed by atoms with Crippen molar-refractivity contribution in [3.8, 4) is 11.1 Å². The van der Waals surface area contributed by atoms with Gasteiger partial charge in [-0.1, -0.05) is 0 Å². The number of nitrogens with one attached hydrogen (secondary N) is 1. The van der Waals surface area contributed by atoms with Crippen molar-refractivity contribution in [1.29, 1.82) is 0 Å². The lowest BCUT2D eigenvalue weighted by Gasteiger charge is -2.36. The van der Waals surface area contributed by atoms with E-state index in [1.807, 2.05) is 13.0 Å². The molecule has 2 atom stereocenters. The van der Waals surface area contributed by atoms with E-state index in [0.29, 0.717) is 24.4 Å². The van der Waals surface area contributed by atoms with Gasteiger partial charge in [-0.25, -0.2) is 13.5 Å². The van der Waals surface area contributed by atoms with Gasteiger partial charge in [-0.05, 0) is 37.5 Å². The molecule has 2 unspecified atom stereocenters. The molecule has 6 nitrogen and oxygen atoms in total. The van der Waals surface area contributed by atoms with Crippen LogP contribution in [0.4, 0.5) is 8.78 Å². The molecule has 1 saturated carbocycles. The van der Waals surface area contributed by atoms with Crippen molar-refractivity contribution in [3.05, 3.63) is 33.9 Å². The van der Waals surface area contributed by atoms with Crippen LogP contribution >= 0.6 is 23.1 Å². The average Bonchev–Trinajstić information content (AvgIpc) is 3.20. The number of nitrogens with zero attached hydrogens (tertiary/aromatic N) is 3. The standard InChI is InChI=1S/C18H20ClF2N5OS/c1-10-11(12-8-23-26-9-25(19)6-4-14(12)26)7-15(28-10)17(27)24-16-13(22)3-2-5-18(16,20)21/h4,6-8,13,16H,2-3,5,9,22H2,1H3,(H,24,27). The van der Waals surface area contributed by atoms with E-state index in [4.69, 9.17) is 17.5 Å². The monoisotopic (exact) mass is 427 g/mol. The zero-order chi connectivity index (χ0) is 20.1. The summed E-state index contributed by atoms with van der Waals surface area (Å²) in [5.41, 5.74) is 8.46. The molecular weight excluding hydrogens is 408 g/mol. The molecule has 0 aromatic carbocycles. The van der Waals surface area contributed by atoms with Gasteiger partial charge in [0.2, 0.25) is 0 Å². The maximum atomic E-state index is 14.2. The van der Waals surface area contributed by atoms with Gasteiger partial charge < -0.3 is 11.1 Å². The van der Waals surface area contributed by atoms with E-state index in [1.165, 1.54) is 15.8 Å². The number of aryl methyl sites for hydroxylation is 1. The SMILES string of the molecule is Cc1sc(C(=O)NC2C(N)CCCC2(F)F)cc1-c1cnn2c1C=CN(Cl)C2. The number of alkyl halides is 2. The van der Waals surface area contributed by atoms with Crippen molar-refractivity contribution in [3.63, 3.8) is 0 Å². The number of hydrogen-bond donors (Lipinski definition) is 2. The molecule has 1 aliphatic heterocycles. The predicted molar refractivity (Wildman–Crippen MR) is 105 cm³/mol.